The van der Waals surface area contributed by atoms with Crippen LogP contribution in [-0.4, -0.2) is 47.6 Å². The van der Waals surface area contributed by atoms with E-state index >= 15 is 0 Å². The van der Waals surface area contributed by atoms with Crippen LogP contribution in [0.15, 0.2) is 48.5 Å². The van der Waals surface area contributed by atoms with Gasteiger partial charge in [-0.3, -0.25) is 9.80 Å². The van der Waals surface area contributed by atoms with E-state index in [9.17, 15) is 0 Å². The standard InChI is InChI=1S/C21H25N3OS/c1-2-25-18-9-7-17(8-10-18)15-23-11-13-24(14-12-23)16-21-22-19-5-3-4-6-20(19)26-21/h3-10H,2,11-16H2,1H3. The van der Waals surface area contributed by atoms with Gasteiger partial charge in [0.25, 0.3) is 0 Å². The van der Waals surface area contributed by atoms with Crippen LogP contribution in [0.25, 0.3) is 10.2 Å². The van der Waals surface area contributed by atoms with E-state index in [2.05, 4.69) is 58.3 Å². The number of benzene rings is 2. The lowest BCUT2D eigenvalue weighted by molar-refractivity contribution is 0.122. The van der Waals surface area contributed by atoms with Crippen molar-refractivity contribution in [2.75, 3.05) is 32.8 Å². The van der Waals surface area contributed by atoms with Gasteiger partial charge in [-0.2, -0.15) is 0 Å². The van der Waals surface area contributed by atoms with Gasteiger partial charge in [-0.05, 0) is 36.8 Å². The highest BCUT2D eigenvalue weighted by molar-refractivity contribution is 7.18. The summed E-state index contributed by atoms with van der Waals surface area (Å²) in [6, 6.07) is 16.9. The molecule has 0 atom stereocenters. The van der Waals surface area contributed by atoms with Crippen molar-refractivity contribution >= 4 is 21.6 Å². The number of thiazole rings is 1. The normalized spacial score (nSPS) is 16.2. The van der Waals surface area contributed by atoms with Crippen LogP contribution in [0.5, 0.6) is 5.75 Å². The Morgan fingerprint density at radius 2 is 1.62 bits per heavy atom. The number of ether oxygens (including phenoxy) is 1. The average molecular weight is 368 g/mol. The van der Waals surface area contributed by atoms with E-state index in [1.54, 1.807) is 0 Å². The van der Waals surface area contributed by atoms with E-state index in [1.165, 1.54) is 15.3 Å². The highest BCUT2D eigenvalue weighted by atomic mass is 32.1. The molecule has 0 unspecified atom stereocenters. The molecule has 3 aromatic rings. The third kappa shape index (κ3) is 4.23. The highest BCUT2D eigenvalue weighted by Crippen LogP contribution is 2.23. The Hall–Kier alpha value is -1.95. The van der Waals surface area contributed by atoms with Gasteiger partial charge < -0.3 is 4.74 Å². The summed E-state index contributed by atoms with van der Waals surface area (Å²) in [4.78, 5) is 9.82. The van der Waals surface area contributed by atoms with Crippen LogP contribution in [0.4, 0.5) is 0 Å². The van der Waals surface area contributed by atoms with E-state index in [1.807, 2.05) is 18.3 Å². The molecule has 0 bridgehead atoms. The monoisotopic (exact) mass is 367 g/mol. The van der Waals surface area contributed by atoms with Crippen molar-refractivity contribution in [3.8, 4) is 5.75 Å². The molecule has 2 heterocycles. The quantitative estimate of drug-likeness (QED) is 0.658. The number of hydrogen-bond acceptors (Lipinski definition) is 5. The largest absolute Gasteiger partial charge is 0.494 e. The summed E-state index contributed by atoms with van der Waals surface area (Å²) in [6.07, 6.45) is 0. The van der Waals surface area contributed by atoms with Crippen LogP contribution in [0, 0.1) is 0 Å². The van der Waals surface area contributed by atoms with Crippen LogP contribution in [0.1, 0.15) is 17.5 Å². The van der Waals surface area contributed by atoms with Crippen molar-refractivity contribution < 1.29 is 4.74 Å². The Morgan fingerprint density at radius 1 is 0.923 bits per heavy atom. The summed E-state index contributed by atoms with van der Waals surface area (Å²) < 4.78 is 6.81. The van der Waals surface area contributed by atoms with Crippen molar-refractivity contribution in [2.45, 2.75) is 20.0 Å². The number of rotatable bonds is 6. The second-order valence-electron chi connectivity index (χ2n) is 6.70. The lowest BCUT2D eigenvalue weighted by Crippen LogP contribution is -2.45. The minimum absolute atomic E-state index is 0.718. The molecular weight excluding hydrogens is 342 g/mol. The number of aromatic nitrogens is 1. The van der Waals surface area contributed by atoms with Crippen molar-refractivity contribution in [1.29, 1.82) is 0 Å². The molecule has 2 aromatic carbocycles. The minimum Gasteiger partial charge on any atom is -0.494 e. The maximum absolute atomic E-state index is 5.52. The molecule has 0 aliphatic carbocycles. The average Bonchev–Trinajstić information content (AvgIpc) is 3.07. The van der Waals surface area contributed by atoms with Gasteiger partial charge in [-0.15, -0.1) is 11.3 Å². The van der Waals surface area contributed by atoms with E-state index in [0.29, 0.717) is 0 Å². The molecule has 4 nitrogen and oxygen atoms in total. The van der Waals surface area contributed by atoms with Crippen molar-refractivity contribution in [2.24, 2.45) is 0 Å². The van der Waals surface area contributed by atoms with Crippen LogP contribution >= 0.6 is 11.3 Å². The summed E-state index contributed by atoms with van der Waals surface area (Å²) in [7, 11) is 0. The zero-order valence-electron chi connectivity index (χ0n) is 15.2. The predicted molar refractivity (Wildman–Crippen MR) is 108 cm³/mol. The van der Waals surface area contributed by atoms with Gasteiger partial charge in [0.2, 0.25) is 0 Å². The predicted octanol–water partition coefficient (Wildman–Crippen LogP) is 4.01. The molecule has 136 valence electrons. The summed E-state index contributed by atoms with van der Waals surface area (Å²) in [5.74, 6) is 0.955. The van der Waals surface area contributed by atoms with E-state index in [0.717, 1.165) is 57.1 Å². The fraction of sp³-hybridized carbons (Fsp3) is 0.381. The Morgan fingerprint density at radius 3 is 2.31 bits per heavy atom. The lowest BCUT2D eigenvalue weighted by atomic mass is 10.2. The molecule has 5 heteroatoms. The second kappa shape index (κ2) is 8.16. The maximum Gasteiger partial charge on any atom is 0.119 e. The topological polar surface area (TPSA) is 28.6 Å². The summed E-state index contributed by atoms with van der Waals surface area (Å²) in [6.45, 7) is 9.14. The van der Waals surface area contributed by atoms with Gasteiger partial charge in [0.15, 0.2) is 0 Å². The van der Waals surface area contributed by atoms with Gasteiger partial charge >= 0.3 is 0 Å². The molecular formula is C21H25N3OS. The van der Waals surface area contributed by atoms with E-state index in [-0.39, 0.29) is 0 Å². The molecule has 1 aromatic heterocycles. The number of piperazine rings is 1. The molecule has 0 radical (unpaired) electrons. The summed E-state index contributed by atoms with van der Waals surface area (Å²) in [5, 5.41) is 1.23. The zero-order valence-corrected chi connectivity index (χ0v) is 16.0. The molecule has 0 N–H and O–H groups in total. The molecule has 0 amide bonds. The van der Waals surface area contributed by atoms with Crippen LogP contribution in [0.2, 0.25) is 0 Å². The number of hydrogen-bond donors (Lipinski definition) is 0. The van der Waals surface area contributed by atoms with Gasteiger partial charge in [-0.1, -0.05) is 24.3 Å². The minimum atomic E-state index is 0.718. The van der Waals surface area contributed by atoms with Crippen molar-refractivity contribution in [1.82, 2.24) is 14.8 Å². The smallest absolute Gasteiger partial charge is 0.119 e. The Labute approximate surface area is 159 Å². The third-order valence-corrected chi connectivity index (χ3v) is 5.82. The van der Waals surface area contributed by atoms with E-state index < -0.39 is 0 Å². The third-order valence-electron chi connectivity index (χ3n) is 4.80. The van der Waals surface area contributed by atoms with Gasteiger partial charge in [0, 0.05) is 32.7 Å². The van der Waals surface area contributed by atoms with Gasteiger partial charge in [-0.25, -0.2) is 4.98 Å². The number of fused-ring (bicyclic) bond motifs is 1. The molecule has 26 heavy (non-hydrogen) atoms. The first-order chi connectivity index (χ1) is 12.8. The zero-order chi connectivity index (χ0) is 17.8. The second-order valence-corrected chi connectivity index (χ2v) is 7.82. The SMILES string of the molecule is CCOc1ccc(CN2CCN(Cc3nc4ccccc4s3)CC2)cc1. The fourth-order valence-corrected chi connectivity index (χ4v) is 4.41. The summed E-state index contributed by atoms with van der Waals surface area (Å²) in [5.41, 5.74) is 2.48. The number of nitrogens with zero attached hydrogens (tertiary/aromatic N) is 3. The Kier molecular flexibility index (Phi) is 5.48. The number of para-hydroxylation sites is 1. The van der Waals surface area contributed by atoms with Crippen LogP contribution in [-0.2, 0) is 13.1 Å². The Balaban J connectivity index is 1.28. The summed E-state index contributed by atoms with van der Waals surface area (Å²) >= 11 is 1.82. The van der Waals surface area contributed by atoms with Crippen LogP contribution in [0.3, 0.4) is 0 Å². The first-order valence-electron chi connectivity index (χ1n) is 9.31. The molecule has 1 aliphatic heterocycles. The molecule has 1 saturated heterocycles. The fourth-order valence-electron chi connectivity index (χ4n) is 3.40. The first kappa shape index (κ1) is 17.5. The molecule has 0 spiro atoms. The Bertz CT molecular complexity index is 805. The van der Waals surface area contributed by atoms with E-state index in [4.69, 9.17) is 9.72 Å². The van der Waals surface area contributed by atoms with Crippen molar-refractivity contribution in [3.63, 3.8) is 0 Å². The first-order valence-corrected chi connectivity index (χ1v) is 10.1. The van der Waals surface area contributed by atoms with Crippen LogP contribution < -0.4 is 4.74 Å². The molecule has 1 fully saturated rings. The van der Waals surface area contributed by atoms with Crippen molar-refractivity contribution in [3.05, 3.63) is 59.1 Å². The molecule has 0 saturated carbocycles. The maximum atomic E-state index is 5.52. The lowest BCUT2D eigenvalue weighted by Gasteiger charge is -2.34. The van der Waals surface area contributed by atoms with Gasteiger partial charge in [0.05, 0.1) is 23.4 Å². The van der Waals surface area contributed by atoms with Gasteiger partial charge in [0.1, 0.15) is 10.8 Å². The highest BCUT2D eigenvalue weighted by Gasteiger charge is 2.18. The molecule has 4 rings (SSSR count). The molecule has 1 aliphatic rings.